The minimum absolute atomic E-state index is 0.116. The van der Waals surface area contributed by atoms with Crippen LogP contribution in [0.2, 0.25) is 0 Å². The lowest BCUT2D eigenvalue weighted by atomic mass is 10.2. The summed E-state index contributed by atoms with van der Waals surface area (Å²) in [5.74, 6) is -0.977. The van der Waals surface area contributed by atoms with Crippen molar-refractivity contribution in [3.63, 3.8) is 0 Å². The van der Waals surface area contributed by atoms with E-state index in [4.69, 9.17) is 10.8 Å². The normalized spacial score (nSPS) is 20.9. The maximum Gasteiger partial charge on any atom is 0.323 e. The second kappa shape index (κ2) is 4.46. The van der Waals surface area contributed by atoms with Crippen molar-refractivity contribution in [2.75, 3.05) is 6.54 Å². The lowest BCUT2D eigenvalue weighted by molar-refractivity contribution is -0.136. The number of sulfonamides is 1. The Balaban J connectivity index is 2.45. The minimum Gasteiger partial charge on any atom is -0.480 e. The van der Waals surface area contributed by atoms with Crippen molar-refractivity contribution < 1.29 is 18.3 Å². The highest BCUT2D eigenvalue weighted by molar-refractivity contribution is 7.90. The molecule has 0 aliphatic heterocycles. The van der Waals surface area contributed by atoms with Crippen molar-refractivity contribution in [3.05, 3.63) is 0 Å². The number of rotatable bonds is 6. The first kappa shape index (κ1) is 12.4. The number of carboxylic acids is 1. The number of carbonyl (C=O) groups is 1. The molecule has 0 aromatic carbocycles. The average molecular weight is 236 g/mol. The average Bonchev–Trinajstić information content (AvgIpc) is 2.96. The number of nitrogens with one attached hydrogen (secondary N) is 1. The zero-order valence-electron chi connectivity index (χ0n) is 8.51. The number of nitrogens with two attached hydrogens (primary N) is 1. The molecule has 0 radical (unpaired) electrons. The molecule has 1 saturated carbocycles. The van der Waals surface area contributed by atoms with Crippen LogP contribution in [0.1, 0.15) is 19.8 Å². The molecular weight excluding hydrogens is 220 g/mol. The zero-order valence-corrected chi connectivity index (χ0v) is 9.33. The first-order valence-electron chi connectivity index (χ1n) is 4.81. The maximum absolute atomic E-state index is 11.4. The molecule has 1 aliphatic carbocycles. The molecule has 1 rings (SSSR count). The van der Waals surface area contributed by atoms with Crippen LogP contribution in [0.5, 0.6) is 0 Å². The van der Waals surface area contributed by atoms with Gasteiger partial charge in [-0.1, -0.05) is 0 Å². The quantitative estimate of drug-likeness (QED) is 0.554. The van der Waals surface area contributed by atoms with E-state index in [0.29, 0.717) is 5.92 Å². The van der Waals surface area contributed by atoms with Gasteiger partial charge in [0, 0.05) is 12.6 Å². The Morgan fingerprint density at radius 3 is 2.53 bits per heavy atom. The summed E-state index contributed by atoms with van der Waals surface area (Å²) >= 11 is 0. The van der Waals surface area contributed by atoms with Gasteiger partial charge in [-0.05, 0) is 25.7 Å². The van der Waals surface area contributed by atoms with Crippen LogP contribution in [0, 0.1) is 5.92 Å². The summed E-state index contributed by atoms with van der Waals surface area (Å²) in [6, 6.07) is -0.208. The summed E-state index contributed by atoms with van der Waals surface area (Å²) < 4.78 is 25.0. The van der Waals surface area contributed by atoms with E-state index in [-0.39, 0.29) is 12.6 Å². The zero-order chi connectivity index (χ0) is 11.6. The van der Waals surface area contributed by atoms with E-state index in [1.807, 2.05) is 0 Å². The number of hydrogen-bond acceptors (Lipinski definition) is 4. The van der Waals surface area contributed by atoms with E-state index < -0.39 is 21.2 Å². The molecule has 0 heterocycles. The molecular formula is C8H16N2O4S. The predicted molar refractivity (Wildman–Crippen MR) is 54.7 cm³/mol. The van der Waals surface area contributed by atoms with Gasteiger partial charge < -0.3 is 10.8 Å². The Bertz CT molecular complexity index is 337. The van der Waals surface area contributed by atoms with Crippen LogP contribution in [-0.4, -0.2) is 37.3 Å². The third-order valence-electron chi connectivity index (χ3n) is 2.56. The van der Waals surface area contributed by atoms with Gasteiger partial charge in [-0.2, -0.15) is 0 Å². The molecule has 4 N–H and O–H groups in total. The SMILES string of the molecule is CC(C(=O)O)S(=O)(=O)NCC(N)C1CC1. The highest BCUT2D eigenvalue weighted by atomic mass is 32.2. The topological polar surface area (TPSA) is 109 Å². The van der Waals surface area contributed by atoms with Gasteiger partial charge in [-0.15, -0.1) is 0 Å². The Labute approximate surface area is 88.9 Å². The second-order valence-corrected chi connectivity index (χ2v) is 5.96. The summed E-state index contributed by atoms with van der Waals surface area (Å²) in [6.07, 6.45) is 2.05. The lowest BCUT2D eigenvalue weighted by Crippen LogP contribution is -2.43. The fourth-order valence-corrected chi connectivity index (χ4v) is 2.10. The van der Waals surface area contributed by atoms with Crippen molar-refractivity contribution in [1.29, 1.82) is 0 Å². The van der Waals surface area contributed by atoms with Crippen LogP contribution in [0.25, 0.3) is 0 Å². The standard InChI is InChI=1S/C8H16N2O4S/c1-5(8(11)12)15(13,14)10-4-7(9)6-2-3-6/h5-7,10H,2-4,9H2,1H3,(H,11,12). The van der Waals surface area contributed by atoms with Crippen LogP contribution in [0.4, 0.5) is 0 Å². The summed E-state index contributed by atoms with van der Waals surface area (Å²) in [4.78, 5) is 10.5. The summed E-state index contributed by atoms with van der Waals surface area (Å²) in [5, 5.41) is 7.11. The highest BCUT2D eigenvalue weighted by Gasteiger charge is 2.32. The van der Waals surface area contributed by atoms with E-state index in [2.05, 4.69) is 4.72 Å². The van der Waals surface area contributed by atoms with Crippen LogP contribution in [0.15, 0.2) is 0 Å². The molecule has 1 fully saturated rings. The molecule has 0 saturated heterocycles. The van der Waals surface area contributed by atoms with Crippen LogP contribution in [-0.2, 0) is 14.8 Å². The second-order valence-electron chi connectivity index (χ2n) is 3.88. The summed E-state index contributed by atoms with van der Waals surface area (Å²) in [6.45, 7) is 1.25. The van der Waals surface area contributed by atoms with Gasteiger partial charge in [-0.25, -0.2) is 13.1 Å². The van der Waals surface area contributed by atoms with Crippen molar-refractivity contribution in [2.45, 2.75) is 31.1 Å². The summed E-state index contributed by atoms with van der Waals surface area (Å²) in [5.41, 5.74) is 5.69. The fraction of sp³-hybridized carbons (Fsp3) is 0.875. The van der Waals surface area contributed by atoms with Gasteiger partial charge in [0.1, 0.15) is 0 Å². The van der Waals surface area contributed by atoms with E-state index in [1.165, 1.54) is 0 Å². The molecule has 0 aromatic heterocycles. The summed E-state index contributed by atoms with van der Waals surface area (Å²) in [7, 11) is -3.79. The van der Waals surface area contributed by atoms with Crippen molar-refractivity contribution in [3.8, 4) is 0 Å². The molecule has 2 atom stereocenters. The first-order chi connectivity index (χ1) is 6.84. The molecule has 2 unspecified atom stereocenters. The molecule has 15 heavy (non-hydrogen) atoms. The van der Waals surface area contributed by atoms with E-state index in [0.717, 1.165) is 19.8 Å². The lowest BCUT2D eigenvalue weighted by Gasteiger charge is -2.13. The smallest absolute Gasteiger partial charge is 0.323 e. The van der Waals surface area contributed by atoms with Gasteiger partial charge in [0.05, 0.1) is 0 Å². The Hall–Kier alpha value is -0.660. The van der Waals surface area contributed by atoms with Crippen molar-refractivity contribution >= 4 is 16.0 Å². The van der Waals surface area contributed by atoms with E-state index in [1.54, 1.807) is 0 Å². The molecule has 7 heteroatoms. The van der Waals surface area contributed by atoms with Crippen LogP contribution < -0.4 is 10.5 Å². The van der Waals surface area contributed by atoms with Crippen molar-refractivity contribution in [2.24, 2.45) is 11.7 Å². The van der Waals surface area contributed by atoms with Gasteiger partial charge in [0.15, 0.2) is 5.25 Å². The van der Waals surface area contributed by atoms with Crippen molar-refractivity contribution in [1.82, 2.24) is 4.72 Å². The molecule has 0 bridgehead atoms. The Morgan fingerprint density at radius 2 is 2.13 bits per heavy atom. The molecule has 6 nitrogen and oxygen atoms in total. The number of hydrogen-bond donors (Lipinski definition) is 3. The largest absolute Gasteiger partial charge is 0.480 e. The fourth-order valence-electron chi connectivity index (χ4n) is 1.16. The monoisotopic (exact) mass is 236 g/mol. The van der Waals surface area contributed by atoms with Gasteiger partial charge in [0.25, 0.3) is 0 Å². The molecule has 0 amide bonds. The van der Waals surface area contributed by atoms with E-state index in [9.17, 15) is 13.2 Å². The Kier molecular flexibility index (Phi) is 3.69. The third-order valence-corrected chi connectivity index (χ3v) is 4.26. The first-order valence-corrected chi connectivity index (χ1v) is 6.36. The van der Waals surface area contributed by atoms with Gasteiger partial charge in [0.2, 0.25) is 10.0 Å². The molecule has 0 aromatic rings. The Morgan fingerprint density at radius 1 is 1.60 bits per heavy atom. The van der Waals surface area contributed by atoms with E-state index >= 15 is 0 Å². The third kappa shape index (κ3) is 3.44. The number of aliphatic carboxylic acids is 1. The van der Waals surface area contributed by atoms with Crippen LogP contribution in [0.3, 0.4) is 0 Å². The number of carboxylic acid groups (broad SMARTS) is 1. The van der Waals surface area contributed by atoms with Gasteiger partial charge >= 0.3 is 5.97 Å². The molecule has 0 spiro atoms. The molecule has 88 valence electrons. The maximum atomic E-state index is 11.4. The van der Waals surface area contributed by atoms with Crippen LogP contribution >= 0.6 is 0 Å². The van der Waals surface area contributed by atoms with Gasteiger partial charge in [-0.3, -0.25) is 4.79 Å². The predicted octanol–water partition coefficient (Wildman–Crippen LogP) is -0.884. The highest BCUT2D eigenvalue weighted by Crippen LogP contribution is 2.31. The molecule has 1 aliphatic rings. The minimum atomic E-state index is -3.79.